The van der Waals surface area contributed by atoms with Crippen LogP contribution in [0.4, 0.5) is 5.82 Å². The Hall–Kier alpha value is -3.11. The zero-order valence-electron chi connectivity index (χ0n) is 16.8. The summed E-state index contributed by atoms with van der Waals surface area (Å²) in [6.07, 6.45) is 3.81. The number of benzene rings is 1. The Kier molecular flexibility index (Phi) is 5.60. The second-order valence-electron chi connectivity index (χ2n) is 6.75. The van der Waals surface area contributed by atoms with Crippen molar-refractivity contribution >= 4 is 15.8 Å². The Morgan fingerprint density at radius 2 is 1.53 bits per heavy atom. The predicted octanol–water partition coefficient (Wildman–Crippen LogP) is 1.80. The molecule has 0 saturated carbocycles. The van der Waals surface area contributed by atoms with E-state index in [2.05, 4.69) is 10.2 Å². The number of sulfonamides is 1. The van der Waals surface area contributed by atoms with E-state index in [0.29, 0.717) is 37.7 Å². The molecule has 1 aliphatic heterocycles. The first-order valence-corrected chi connectivity index (χ1v) is 10.9. The highest BCUT2D eigenvalue weighted by Gasteiger charge is 2.31. The van der Waals surface area contributed by atoms with Crippen LogP contribution in [0.15, 0.2) is 59.8 Å². The van der Waals surface area contributed by atoms with Gasteiger partial charge < -0.3 is 18.9 Å². The van der Waals surface area contributed by atoms with Gasteiger partial charge in [-0.05, 0) is 36.4 Å². The molecule has 1 aromatic carbocycles. The third kappa shape index (κ3) is 3.83. The Balaban J connectivity index is 1.48. The van der Waals surface area contributed by atoms with E-state index >= 15 is 0 Å². The van der Waals surface area contributed by atoms with Gasteiger partial charge in [-0.3, -0.25) is 0 Å². The van der Waals surface area contributed by atoms with E-state index in [1.165, 1.54) is 24.6 Å². The minimum atomic E-state index is -3.72. The quantitative estimate of drug-likeness (QED) is 0.590. The number of hydrogen-bond acceptors (Lipinski definition) is 7. The van der Waals surface area contributed by atoms with Crippen LogP contribution in [0.3, 0.4) is 0 Å². The van der Waals surface area contributed by atoms with E-state index in [1.54, 1.807) is 12.1 Å². The number of ether oxygens (including phenoxy) is 2. The van der Waals surface area contributed by atoms with Crippen molar-refractivity contribution in [2.75, 3.05) is 45.3 Å². The summed E-state index contributed by atoms with van der Waals surface area (Å²) in [6, 6.07) is 12.4. The average molecular weight is 430 g/mol. The van der Waals surface area contributed by atoms with Crippen LogP contribution in [0.2, 0.25) is 0 Å². The molecule has 0 unspecified atom stereocenters. The maximum Gasteiger partial charge on any atom is 0.247 e. The summed E-state index contributed by atoms with van der Waals surface area (Å²) in [6.45, 7) is 1.71. The standard InChI is InChI=1S/C20H23N5O4S/c1-28-16-5-6-17(29-2)18(15-16)30(26,27)25-13-11-24(12-14-25)20-8-7-19(21-22-20)23-9-3-4-10-23/h3-10,15H,11-14H2,1-2H3. The summed E-state index contributed by atoms with van der Waals surface area (Å²) in [4.78, 5) is 2.13. The lowest BCUT2D eigenvalue weighted by molar-refractivity contribution is 0.370. The molecule has 0 amide bonds. The summed E-state index contributed by atoms with van der Waals surface area (Å²) >= 11 is 0. The SMILES string of the molecule is COc1ccc(OC)c(S(=O)(=O)N2CCN(c3ccc(-n4cccc4)nn3)CC2)c1. The summed E-state index contributed by atoms with van der Waals surface area (Å²) < 4.78 is 40.2. The molecule has 1 aliphatic rings. The number of nitrogens with zero attached hydrogens (tertiary/aromatic N) is 5. The maximum atomic E-state index is 13.2. The van der Waals surface area contributed by atoms with Crippen LogP contribution in [0.1, 0.15) is 0 Å². The summed E-state index contributed by atoms with van der Waals surface area (Å²) in [5.41, 5.74) is 0. The van der Waals surface area contributed by atoms with Crippen molar-refractivity contribution in [3.8, 4) is 17.3 Å². The van der Waals surface area contributed by atoms with Crippen molar-refractivity contribution < 1.29 is 17.9 Å². The zero-order chi connectivity index (χ0) is 21.1. The molecule has 10 heteroatoms. The van der Waals surface area contributed by atoms with Gasteiger partial charge in [0.15, 0.2) is 11.6 Å². The van der Waals surface area contributed by atoms with Gasteiger partial charge in [0.05, 0.1) is 14.2 Å². The van der Waals surface area contributed by atoms with Crippen molar-refractivity contribution in [2.24, 2.45) is 0 Å². The fourth-order valence-corrected chi connectivity index (χ4v) is 4.99. The van der Waals surface area contributed by atoms with Crippen LogP contribution in [-0.4, -0.2) is 67.9 Å². The Morgan fingerprint density at radius 1 is 0.867 bits per heavy atom. The van der Waals surface area contributed by atoms with Gasteiger partial charge in [-0.1, -0.05) is 0 Å². The topological polar surface area (TPSA) is 89.8 Å². The molecular weight excluding hydrogens is 406 g/mol. The summed E-state index contributed by atoms with van der Waals surface area (Å²) in [5, 5.41) is 8.57. The number of rotatable bonds is 6. The summed E-state index contributed by atoms with van der Waals surface area (Å²) in [5.74, 6) is 2.22. The van der Waals surface area contributed by atoms with Crippen LogP contribution in [0, 0.1) is 0 Å². The van der Waals surface area contributed by atoms with Gasteiger partial charge in [0.2, 0.25) is 10.0 Å². The van der Waals surface area contributed by atoms with Crippen LogP contribution in [0.5, 0.6) is 11.5 Å². The van der Waals surface area contributed by atoms with Crippen molar-refractivity contribution in [3.05, 3.63) is 54.9 Å². The van der Waals surface area contributed by atoms with Crippen molar-refractivity contribution in [3.63, 3.8) is 0 Å². The number of aromatic nitrogens is 3. The molecule has 1 fully saturated rings. The predicted molar refractivity (Wildman–Crippen MR) is 112 cm³/mol. The van der Waals surface area contributed by atoms with Crippen LogP contribution >= 0.6 is 0 Å². The smallest absolute Gasteiger partial charge is 0.247 e. The van der Waals surface area contributed by atoms with Crippen LogP contribution in [-0.2, 0) is 10.0 Å². The lowest BCUT2D eigenvalue weighted by Crippen LogP contribution is -2.49. The molecule has 0 aliphatic carbocycles. The first-order valence-electron chi connectivity index (χ1n) is 9.47. The minimum Gasteiger partial charge on any atom is -0.497 e. The molecule has 4 rings (SSSR count). The molecule has 1 saturated heterocycles. The third-order valence-corrected chi connectivity index (χ3v) is 6.98. The van der Waals surface area contributed by atoms with Crippen LogP contribution < -0.4 is 14.4 Å². The van der Waals surface area contributed by atoms with E-state index in [-0.39, 0.29) is 4.90 Å². The molecule has 0 atom stereocenters. The van der Waals surface area contributed by atoms with Gasteiger partial charge >= 0.3 is 0 Å². The fraction of sp³-hybridized carbons (Fsp3) is 0.300. The molecule has 0 radical (unpaired) electrons. The highest BCUT2D eigenvalue weighted by molar-refractivity contribution is 7.89. The lowest BCUT2D eigenvalue weighted by atomic mass is 10.3. The molecule has 9 nitrogen and oxygen atoms in total. The zero-order valence-corrected chi connectivity index (χ0v) is 17.6. The van der Waals surface area contributed by atoms with E-state index in [4.69, 9.17) is 9.47 Å². The largest absolute Gasteiger partial charge is 0.497 e. The third-order valence-electron chi connectivity index (χ3n) is 5.06. The second kappa shape index (κ2) is 8.33. The molecule has 30 heavy (non-hydrogen) atoms. The molecule has 3 aromatic rings. The second-order valence-corrected chi connectivity index (χ2v) is 8.65. The highest BCUT2D eigenvalue weighted by atomic mass is 32.2. The number of piperazine rings is 1. The van der Waals surface area contributed by atoms with Gasteiger partial charge in [0, 0.05) is 44.6 Å². The first-order chi connectivity index (χ1) is 14.5. The molecule has 0 N–H and O–H groups in total. The van der Waals surface area contributed by atoms with Crippen molar-refractivity contribution in [1.29, 1.82) is 0 Å². The monoisotopic (exact) mass is 429 g/mol. The summed E-state index contributed by atoms with van der Waals surface area (Å²) in [7, 11) is -0.764. The molecule has 2 aromatic heterocycles. The molecule has 0 bridgehead atoms. The Morgan fingerprint density at radius 3 is 2.13 bits per heavy atom. The van der Waals surface area contributed by atoms with E-state index < -0.39 is 10.0 Å². The Labute approximate surface area is 175 Å². The number of anilines is 1. The van der Waals surface area contributed by atoms with E-state index in [9.17, 15) is 8.42 Å². The molecular formula is C20H23N5O4S. The van der Waals surface area contributed by atoms with Gasteiger partial charge in [-0.15, -0.1) is 10.2 Å². The maximum absolute atomic E-state index is 13.2. The van der Waals surface area contributed by atoms with Crippen molar-refractivity contribution in [2.45, 2.75) is 4.90 Å². The Bertz CT molecular complexity index is 1090. The lowest BCUT2D eigenvalue weighted by Gasteiger charge is -2.34. The van der Waals surface area contributed by atoms with Gasteiger partial charge in [0.1, 0.15) is 16.4 Å². The molecule has 158 valence electrons. The number of hydrogen-bond donors (Lipinski definition) is 0. The van der Waals surface area contributed by atoms with Gasteiger partial charge in [0.25, 0.3) is 0 Å². The highest BCUT2D eigenvalue weighted by Crippen LogP contribution is 2.31. The number of methoxy groups -OCH3 is 2. The minimum absolute atomic E-state index is 0.105. The van der Waals surface area contributed by atoms with E-state index in [0.717, 1.165) is 11.6 Å². The van der Waals surface area contributed by atoms with Gasteiger partial charge in [-0.2, -0.15) is 4.31 Å². The van der Waals surface area contributed by atoms with Crippen molar-refractivity contribution in [1.82, 2.24) is 19.1 Å². The average Bonchev–Trinajstić information content (AvgIpc) is 3.34. The molecule has 0 spiro atoms. The van der Waals surface area contributed by atoms with E-state index in [1.807, 2.05) is 46.1 Å². The molecule has 3 heterocycles. The fourth-order valence-electron chi connectivity index (χ4n) is 3.39. The normalized spacial score (nSPS) is 15.2. The van der Waals surface area contributed by atoms with Gasteiger partial charge in [-0.25, -0.2) is 8.42 Å². The van der Waals surface area contributed by atoms with Crippen LogP contribution in [0.25, 0.3) is 5.82 Å². The first kappa shape index (κ1) is 20.2.